The molecule has 1 rings (SSSR count). The lowest BCUT2D eigenvalue weighted by atomic mass is 10.2. The lowest BCUT2D eigenvalue weighted by Crippen LogP contribution is -2.55. The molecule has 0 saturated heterocycles. The van der Waals surface area contributed by atoms with Crippen LogP contribution >= 0.6 is 0 Å². The summed E-state index contributed by atoms with van der Waals surface area (Å²) in [5, 5.41) is 12.1. The molecule has 108 valence electrons. The number of aliphatic carboxylic acids is 1. The topological polar surface area (TPSA) is 122 Å². The van der Waals surface area contributed by atoms with E-state index < -0.39 is 42.1 Å². The van der Waals surface area contributed by atoms with E-state index in [1.807, 2.05) is 0 Å². The van der Waals surface area contributed by atoms with Crippen molar-refractivity contribution in [2.75, 3.05) is 0 Å². The van der Waals surface area contributed by atoms with Crippen molar-refractivity contribution in [1.82, 2.24) is 10.6 Å². The van der Waals surface area contributed by atoms with Crippen LogP contribution in [0.2, 0.25) is 0 Å². The Labute approximate surface area is 105 Å². The Balaban J connectivity index is 2.59. The van der Waals surface area contributed by atoms with E-state index in [0.717, 1.165) is 0 Å². The summed E-state index contributed by atoms with van der Waals surface area (Å²) in [7, 11) is 0. The molecule has 1 saturated carbocycles. The first-order valence-corrected chi connectivity index (χ1v) is 5.24. The molecule has 0 aromatic carbocycles. The molecule has 1 aliphatic carbocycles. The molecule has 0 aromatic heterocycles. The van der Waals surface area contributed by atoms with Crippen LogP contribution in [-0.2, 0) is 9.59 Å². The second-order valence-corrected chi connectivity index (χ2v) is 4.24. The molecule has 1 unspecified atom stereocenters. The van der Waals surface area contributed by atoms with Gasteiger partial charge in [-0.3, -0.25) is 4.79 Å². The van der Waals surface area contributed by atoms with Crippen LogP contribution < -0.4 is 16.4 Å². The summed E-state index contributed by atoms with van der Waals surface area (Å²) in [6, 6.07) is -2.97. The van der Waals surface area contributed by atoms with E-state index in [1.165, 1.54) is 0 Å². The van der Waals surface area contributed by atoms with Gasteiger partial charge >= 0.3 is 18.2 Å². The van der Waals surface area contributed by atoms with Crippen molar-refractivity contribution in [2.45, 2.75) is 37.0 Å². The standard InChI is InChI=1S/C9H12F3N3O4/c10-9(11,12)8(1-2-8)15-7(19)14-4(6(17)18)3-5(13)16/h4H,1-3H2,(H2,13,16)(H,17,18)(H2,14,15,19). The van der Waals surface area contributed by atoms with Gasteiger partial charge in [0.1, 0.15) is 11.6 Å². The van der Waals surface area contributed by atoms with Gasteiger partial charge in [0, 0.05) is 0 Å². The van der Waals surface area contributed by atoms with E-state index in [1.54, 1.807) is 10.6 Å². The number of halogens is 3. The number of carboxylic acid groups (broad SMARTS) is 1. The van der Waals surface area contributed by atoms with Crippen LogP contribution in [-0.4, -0.2) is 40.8 Å². The highest BCUT2D eigenvalue weighted by Gasteiger charge is 2.64. The fourth-order valence-electron chi connectivity index (χ4n) is 1.42. The molecule has 19 heavy (non-hydrogen) atoms. The minimum Gasteiger partial charge on any atom is -0.480 e. The third-order valence-corrected chi connectivity index (χ3v) is 2.65. The largest absolute Gasteiger partial charge is 0.480 e. The molecule has 0 heterocycles. The summed E-state index contributed by atoms with van der Waals surface area (Å²) in [6.07, 6.45) is -5.84. The van der Waals surface area contributed by atoms with E-state index in [4.69, 9.17) is 10.8 Å². The van der Waals surface area contributed by atoms with Crippen molar-refractivity contribution in [3.63, 3.8) is 0 Å². The molecule has 0 spiro atoms. The molecule has 1 aliphatic rings. The summed E-state index contributed by atoms with van der Waals surface area (Å²) < 4.78 is 37.6. The van der Waals surface area contributed by atoms with Gasteiger partial charge in [0.2, 0.25) is 5.91 Å². The zero-order valence-corrected chi connectivity index (χ0v) is 9.58. The summed E-state index contributed by atoms with van der Waals surface area (Å²) in [5.74, 6) is -2.56. The maximum absolute atomic E-state index is 12.5. The number of alkyl halides is 3. The van der Waals surface area contributed by atoms with Gasteiger partial charge in [-0.25, -0.2) is 9.59 Å². The number of hydrogen-bond donors (Lipinski definition) is 4. The van der Waals surface area contributed by atoms with E-state index >= 15 is 0 Å². The molecule has 1 fully saturated rings. The predicted molar refractivity (Wildman–Crippen MR) is 54.9 cm³/mol. The molecule has 7 nitrogen and oxygen atoms in total. The third-order valence-electron chi connectivity index (χ3n) is 2.65. The summed E-state index contributed by atoms with van der Waals surface area (Å²) in [6.45, 7) is 0. The highest BCUT2D eigenvalue weighted by molar-refractivity contribution is 5.87. The van der Waals surface area contributed by atoms with Crippen LogP contribution in [0, 0.1) is 0 Å². The highest BCUT2D eigenvalue weighted by Crippen LogP contribution is 2.48. The minimum absolute atomic E-state index is 0.266. The Hall–Kier alpha value is -2.00. The van der Waals surface area contributed by atoms with Crippen molar-refractivity contribution < 1.29 is 32.7 Å². The average Bonchev–Trinajstić information content (AvgIpc) is 2.95. The zero-order valence-electron chi connectivity index (χ0n) is 9.58. The maximum atomic E-state index is 12.5. The number of hydrogen-bond acceptors (Lipinski definition) is 3. The Bertz CT molecular complexity index is 406. The van der Waals surface area contributed by atoms with Crippen LogP contribution in [0.4, 0.5) is 18.0 Å². The molecular formula is C9H12F3N3O4. The van der Waals surface area contributed by atoms with Gasteiger partial charge < -0.3 is 21.5 Å². The van der Waals surface area contributed by atoms with E-state index in [9.17, 15) is 27.6 Å². The van der Waals surface area contributed by atoms with E-state index in [0.29, 0.717) is 0 Å². The Morgan fingerprint density at radius 2 is 1.84 bits per heavy atom. The van der Waals surface area contributed by atoms with Crippen LogP contribution in [0.25, 0.3) is 0 Å². The number of rotatable bonds is 5. The zero-order chi connectivity index (χ0) is 14.8. The maximum Gasteiger partial charge on any atom is 0.411 e. The smallest absolute Gasteiger partial charge is 0.411 e. The number of carbonyl (C=O) groups is 3. The molecular weight excluding hydrogens is 271 g/mol. The van der Waals surface area contributed by atoms with E-state index in [2.05, 4.69) is 0 Å². The quantitative estimate of drug-likeness (QED) is 0.553. The second kappa shape index (κ2) is 4.94. The SMILES string of the molecule is NC(=O)CC(NC(=O)NC1(C(F)(F)F)CC1)C(=O)O. The van der Waals surface area contributed by atoms with Crippen LogP contribution in [0.5, 0.6) is 0 Å². The first kappa shape index (κ1) is 15.1. The highest BCUT2D eigenvalue weighted by atomic mass is 19.4. The van der Waals surface area contributed by atoms with E-state index in [-0.39, 0.29) is 12.8 Å². The van der Waals surface area contributed by atoms with Crippen molar-refractivity contribution in [3.05, 3.63) is 0 Å². The van der Waals surface area contributed by atoms with Gasteiger partial charge in [0.15, 0.2) is 0 Å². The van der Waals surface area contributed by atoms with Crippen molar-refractivity contribution >= 4 is 17.9 Å². The van der Waals surface area contributed by atoms with Gasteiger partial charge in [-0.05, 0) is 12.8 Å². The number of primary amides is 1. The summed E-state index contributed by atoms with van der Waals surface area (Å²) in [5.41, 5.74) is 2.46. The molecule has 5 N–H and O–H groups in total. The van der Waals surface area contributed by atoms with Gasteiger partial charge in [-0.2, -0.15) is 13.2 Å². The van der Waals surface area contributed by atoms with Gasteiger partial charge in [0.05, 0.1) is 6.42 Å². The molecule has 10 heteroatoms. The third kappa shape index (κ3) is 3.73. The molecule has 0 aliphatic heterocycles. The summed E-state index contributed by atoms with van der Waals surface area (Å²) in [4.78, 5) is 32.5. The van der Waals surface area contributed by atoms with Crippen molar-refractivity contribution in [3.8, 4) is 0 Å². The van der Waals surface area contributed by atoms with Crippen LogP contribution in [0.1, 0.15) is 19.3 Å². The number of urea groups is 1. The monoisotopic (exact) mass is 283 g/mol. The first-order valence-electron chi connectivity index (χ1n) is 5.24. The van der Waals surface area contributed by atoms with Crippen LogP contribution in [0.15, 0.2) is 0 Å². The minimum atomic E-state index is -4.60. The number of amides is 3. The Morgan fingerprint density at radius 3 is 2.16 bits per heavy atom. The van der Waals surface area contributed by atoms with Gasteiger partial charge in [-0.1, -0.05) is 0 Å². The molecule has 1 atom stereocenters. The molecule has 0 radical (unpaired) electrons. The fraction of sp³-hybridized carbons (Fsp3) is 0.667. The lowest BCUT2D eigenvalue weighted by Gasteiger charge is -2.22. The summed E-state index contributed by atoms with van der Waals surface area (Å²) >= 11 is 0. The van der Waals surface area contributed by atoms with Gasteiger partial charge in [0.25, 0.3) is 0 Å². The Kier molecular flexibility index (Phi) is 3.91. The van der Waals surface area contributed by atoms with Crippen LogP contribution in [0.3, 0.4) is 0 Å². The van der Waals surface area contributed by atoms with Crippen molar-refractivity contribution in [2.24, 2.45) is 5.73 Å². The lowest BCUT2D eigenvalue weighted by molar-refractivity contribution is -0.162. The first-order chi connectivity index (χ1) is 8.57. The number of nitrogens with one attached hydrogen (secondary N) is 2. The molecule has 3 amide bonds. The number of nitrogens with two attached hydrogens (primary N) is 1. The fourth-order valence-corrected chi connectivity index (χ4v) is 1.42. The molecule has 0 bridgehead atoms. The number of carbonyl (C=O) groups excluding carboxylic acids is 2. The van der Waals surface area contributed by atoms with Gasteiger partial charge in [-0.15, -0.1) is 0 Å². The predicted octanol–water partition coefficient (Wildman–Crippen LogP) is -0.291. The normalized spacial score (nSPS) is 18.3. The molecule has 0 aromatic rings. The average molecular weight is 283 g/mol. The second-order valence-electron chi connectivity index (χ2n) is 4.24. The Morgan fingerprint density at radius 1 is 1.32 bits per heavy atom. The number of carboxylic acids is 1. The van der Waals surface area contributed by atoms with Crippen molar-refractivity contribution in [1.29, 1.82) is 0 Å².